The van der Waals surface area contributed by atoms with Crippen LogP contribution in [0.3, 0.4) is 0 Å². The summed E-state index contributed by atoms with van der Waals surface area (Å²) in [7, 11) is 1.42. The maximum atomic E-state index is 11.8. The van der Waals surface area contributed by atoms with Gasteiger partial charge in [0.1, 0.15) is 11.6 Å². The Bertz CT molecular complexity index is 950. The molecule has 4 rings (SSSR count). The quantitative estimate of drug-likeness (QED) is 0.675. The summed E-state index contributed by atoms with van der Waals surface area (Å²) in [5, 5.41) is 10.9. The normalized spacial score (nSPS) is 17.5. The van der Waals surface area contributed by atoms with E-state index >= 15 is 0 Å². The van der Waals surface area contributed by atoms with E-state index in [-0.39, 0.29) is 18.0 Å². The molecule has 26 heavy (non-hydrogen) atoms. The second-order valence-electron chi connectivity index (χ2n) is 6.61. The van der Waals surface area contributed by atoms with Crippen molar-refractivity contribution < 1.29 is 14.3 Å². The van der Waals surface area contributed by atoms with Crippen LogP contribution in [0.2, 0.25) is 0 Å². The van der Waals surface area contributed by atoms with Crippen molar-refractivity contribution in [2.75, 3.05) is 7.11 Å². The molecule has 0 saturated carbocycles. The van der Waals surface area contributed by atoms with Gasteiger partial charge in [0.2, 0.25) is 0 Å². The molecular formula is C20H21N3O3. The molecule has 6 nitrogen and oxygen atoms in total. The van der Waals surface area contributed by atoms with Crippen LogP contribution in [0.1, 0.15) is 31.1 Å². The molecule has 0 fully saturated rings. The fourth-order valence-electron chi connectivity index (χ4n) is 3.52. The van der Waals surface area contributed by atoms with E-state index < -0.39 is 0 Å². The van der Waals surface area contributed by atoms with Crippen LogP contribution < -0.4 is 4.74 Å². The van der Waals surface area contributed by atoms with Gasteiger partial charge in [0.25, 0.3) is 0 Å². The first-order valence-corrected chi connectivity index (χ1v) is 8.81. The van der Waals surface area contributed by atoms with E-state index in [0.717, 1.165) is 29.2 Å². The third-order valence-electron chi connectivity index (χ3n) is 4.92. The molecule has 3 aromatic rings. The molecule has 1 aliphatic rings. The maximum Gasteiger partial charge on any atom is 0.309 e. The summed E-state index contributed by atoms with van der Waals surface area (Å²) >= 11 is 0. The van der Waals surface area contributed by atoms with E-state index in [4.69, 9.17) is 9.47 Å². The van der Waals surface area contributed by atoms with Gasteiger partial charge in [-0.3, -0.25) is 4.79 Å². The van der Waals surface area contributed by atoms with Gasteiger partial charge in [-0.2, -0.15) is 0 Å². The summed E-state index contributed by atoms with van der Waals surface area (Å²) in [5.74, 6) is 2.09. The number of carbonyl (C=O) groups excluding carboxylic acids is 1. The van der Waals surface area contributed by atoms with Crippen LogP contribution in [0.4, 0.5) is 0 Å². The van der Waals surface area contributed by atoms with Gasteiger partial charge in [-0.15, -0.1) is 10.2 Å². The fraction of sp³-hybridized carbons (Fsp3) is 0.350. The average molecular weight is 351 g/mol. The number of methoxy groups -OCH3 is 1. The number of carbonyl (C=O) groups is 1. The van der Waals surface area contributed by atoms with Crippen molar-refractivity contribution in [3.63, 3.8) is 0 Å². The molecule has 0 amide bonds. The first-order chi connectivity index (χ1) is 12.7. The number of esters is 1. The number of ether oxygens (including phenoxy) is 2. The Hall–Kier alpha value is -2.89. The Labute approximate surface area is 151 Å². The SMILES string of the molecule is COC(=O)C1CCn2c(nnc2C(C)Oc2ccc3ccccc3c2)C1. The smallest absolute Gasteiger partial charge is 0.309 e. The van der Waals surface area contributed by atoms with Crippen LogP contribution in [-0.4, -0.2) is 27.8 Å². The molecule has 0 aliphatic carbocycles. The van der Waals surface area contributed by atoms with Crippen LogP contribution >= 0.6 is 0 Å². The van der Waals surface area contributed by atoms with Gasteiger partial charge in [-0.25, -0.2) is 0 Å². The van der Waals surface area contributed by atoms with Gasteiger partial charge in [0.15, 0.2) is 11.9 Å². The van der Waals surface area contributed by atoms with Crippen molar-refractivity contribution in [2.45, 2.75) is 32.4 Å². The molecule has 134 valence electrons. The van der Waals surface area contributed by atoms with Crippen molar-refractivity contribution in [1.82, 2.24) is 14.8 Å². The van der Waals surface area contributed by atoms with Crippen molar-refractivity contribution in [3.8, 4) is 5.75 Å². The molecule has 2 aromatic carbocycles. The number of aromatic nitrogens is 3. The third-order valence-corrected chi connectivity index (χ3v) is 4.92. The van der Waals surface area contributed by atoms with Crippen molar-refractivity contribution in [1.29, 1.82) is 0 Å². The van der Waals surface area contributed by atoms with Crippen LogP contribution in [0.25, 0.3) is 10.8 Å². The first kappa shape index (κ1) is 16.6. The lowest BCUT2D eigenvalue weighted by molar-refractivity contribution is -0.146. The van der Waals surface area contributed by atoms with Crippen LogP contribution in [-0.2, 0) is 22.5 Å². The number of nitrogens with zero attached hydrogens (tertiary/aromatic N) is 3. The highest BCUT2D eigenvalue weighted by Crippen LogP contribution is 2.28. The number of rotatable bonds is 4. The number of fused-ring (bicyclic) bond motifs is 2. The zero-order valence-electron chi connectivity index (χ0n) is 14.9. The van der Waals surface area contributed by atoms with E-state index in [9.17, 15) is 4.79 Å². The number of benzene rings is 2. The maximum absolute atomic E-state index is 11.8. The molecule has 1 aliphatic heterocycles. The Morgan fingerprint density at radius 2 is 2.00 bits per heavy atom. The standard InChI is InChI=1S/C20H21N3O3/c1-13(26-17-8-7-14-5-3-4-6-15(14)11-17)19-22-21-18-12-16(20(24)25-2)9-10-23(18)19/h3-8,11,13,16H,9-10,12H2,1-2H3. The van der Waals surface area contributed by atoms with E-state index in [1.807, 2.05) is 31.2 Å². The number of hydrogen-bond donors (Lipinski definition) is 0. The highest BCUT2D eigenvalue weighted by molar-refractivity contribution is 5.83. The zero-order chi connectivity index (χ0) is 18.1. The van der Waals surface area contributed by atoms with E-state index in [2.05, 4.69) is 33.0 Å². The van der Waals surface area contributed by atoms with Crippen molar-refractivity contribution in [3.05, 3.63) is 54.1 Å². The molecule has 0 radical (unpaired) electrons. The van der Waals surface area contributed by atoms with E-state index in [1.54, 1.807) is 0 Å². The summed E-state index contributed by atoms with van der Waals surface area (Å²) in [4.78, 5) is 11.8. The van der Waals surface area contributed by atoms with Crippen LogP contribution in [0.15, 0.2) is 42.5 Å². The molecule has 6 heteroatoms. The van der Waals surface area contributed by atoms with Gasteiger partial charge >= 0.3 is 5.97 Å². The Balaban J connectivity index is 1.53. The lowest BCUT2D eigenvalue weighted by Gasteiger charge is -2.23. The van der Waals surface area contributed by atoms with Crippen molar-refractivity contribution in [2.24, 2.45) is 5.92 Å². The predicted molar refractivity (Wildman–Crippen MR) is 96.8 cm³/mol. The van der Waals surface area contributed by atoms with E-state index in [1.165, 1.54) is 12.5 Å². The number of hydrogen-bond acceptors (Lipinski definition) is 5. The van der Waals surface area contributed by atoms with E-state index in [0.29, 0.717) is 13.0 Å². The second-order valence-corrected chi connectivity index (χ2v) is 6.61. The highest BCUT2D eigenvalue weighted by atomic mass is 16.5. The molecule has 0 saturated heterocycles. The molecule has 2 heterocycles. The van der Waals surface area contributed by atoms with Gasteiger partial charge in [-0.1, -0.05) is 30.3 Å². The summed E-state index contributed by atoms with van der Waals surface area (Å²) < 4.78 is 13.0. The largest absolute Gasteiger partial charge is 0.483 e. The zero-order valence-corrected chi connectivity index (χ0v) is 14.9. The first-order valence-electron chi connectivity index (χ1n) is 8.81. The molecule has 2 unspecified atom stereocenters. The fourth-order valence-corrected chi connectivity index (χ4v) is 3.52. The Kier molecular flexibility index (Phi) is 4.32. The second kappa shape index (κ2) is 6.78. The minimum atomic E-state index is -0.230. The minimum Gasteiger partial charge on any atom is -0.483 e. The molecular weight excluding hydrogens is 330 g/mol. The lowest BCUT2D eigenvalue weighted by Crippen LogP contribution is -2.28. The molecule has 0 spiro atoms. The molecule has 1 aromatic heterocycles. The Morgan fingerprint density at radius 3 is 2.81 bits per heavy atom. The van der Waals surface area contributed by atoms with Gasteiger partial charge in [-0.05, 0) is 36.2 Å². The minimum absolute atomic E-state index is 0.138. The highest BCUT2D eigenvalue weighted by Gasteiger charge is 2.30. The monoisotopic (exact) mass is 351 g/mol. The third kappa shape index (κ3) is 3.03. The summed E-state index contributed by atoms with van der Waals surface area (Å²) in [5.41, 5.74) is 0. The predicted octanol–water partition coefficient (Wildman–Crippen LogP) is 3.31. The molecule has 2 atom stereocenters. The van der Waals surface area contributed by atoms with Gasteiger partial charge in [0.05, 0.1) is 13.0 Å². The average Bonchev–Trinajstić information content (AvgIpc) is 3.10. The van der Waals surface area contributed by atoms with Crippen LogP contribution in [0.5, 0.6) is 5.75 Å². The summed E-state index contributed by atoms with van der Waals surface area (Å²) in [6.07, 6.45) is 1.06. The van der Waals surface area contributed by atoms with Crippen LogP contribution in [0, 0.1) is 5.92 Å². The van der Waals surface area contributed by atoms with Gasteiger partial charge < -0.3 is 14.0 Å². The molecule has 0 bridgehead atoms. The topological polar surface area (TPSA) is 66.2 Å². The van der Waals surface area contributed by atoms with Gasteiger partial charge in [0, 0.05) is 13.0 Å². The van der Waals surface area contributed by atoms with Crippen molar-refractivity contribution >= 4 is 16.7 Å². The molecule has 0 N–H and O–H groups in total. The Morgan fingerprint density at radius 1 is 1.19 bits per heavy atom. The lowest BCUT2D eigenvalue weighted by atomic mass is 9.98. The summed E-state index contributed by atoms with van der Waals surface area (Å²) in [6, 6.07) is 14.2. The summed E-state index contributed by atoms with van der Waals surface area (Å²) in [6.45, 7) is 2.67.